The molecule has 2 rings (SSSR count). The molecule has 0 bridgehead atoms. The zero-order chi connectivity index (χ0) is 12.3. The van der Waals surface area contributed by atoms with Crippen LogP contribution in [0, 0.1) is 5.92 Å². The van der Waals surface area contributed by atoms with E-state index in [1.165, 1.54) is 17.4 Å². The highest BCUT2D eigenvalue weighted by atomic mass is 16.2. The number of piperidine rings is 1. The Bertz CT molecular complexity index is 383. The van der Waals surface area contributed by atoms with Crippen molar-refractivity contribution in [1.82, 2.24) is 25.6 Å². The summed E-state index contributed by atoms with van der Waals surface area (Å²) in [7, 11) is 1.70. The van der Waals surface area contributed by atoms with Gasteiger partial charge in [-0.3, -0.25) is 4.79 Å². The van der Waals surface area contributed by atoms with Gasteiger partial charge in [-0.1, -0.05) is 0 Å². The van der Waals surface area contributed by atoms with Crippen LogP contribution in [0.5, 0.6) is 0 Å². The Morgan fingerprint density at radius 3 is 3.12 bits per heavy atom. The predicted octanol–water partition coefficient (Wildman–Crippen LogP) is -0.0670. The number of aryl methyl sites for hydroxylation is 1. The van der Waals surface area contributed by atoms with E-state index in [4.69, 9.17) is 0 Å². The summed E-state index contributed by atoms with van der Waals surface area (Å²) >= 11 is 0. The number of rotatable bonds is 3. The van der Waals surface area contributed by atoms with Gasteiger partial charge in [-0.05, 0) is 38.8 Å². The van der Waals surface area contributed by atoms with E-state index in [1.807, 2.05) is 6.92 Å². The minimum atomic E-state index is -0.142. The van der Waals surface area contributed by atoms with Crippen LogP contribution < -0.4 is 10.6 Å². The lowest BCUT2D eigenvalue weighted by Crippen LogP contribution is -2.44. The van der Waals surface area contributed by atoms with Crippen LogP contribution in [0.3, 0.4) is 0 Å². The van der Waals surface area contributed by atoms with Crippen molar-refractivity contribution >= 4 is 5.91 Å². The van der Waals surface area contributed by atoms with Crippen LogP contribution in [0.25, 0.3) is 0 Å². The molecule has 1 aliphatic rings. The molecule has 1 aliphatic heterocycles. The molecule has 1 amide bonds. The quantitative estimate of drug-likeness (QED) is 0.772. The van der Waals surface area contributed by atoms with Crippen molar-refractivity contribution in [3.05, 3.63) is 11.9 Å². The molecule has 1 aromatic heterocycles. The normalized spacial score (nSPS) is 22.1. The number of carbonyl (C=O) groups excluding carboxylic acids is 1. The summed E-state index contributed by atoms with van der Waals surface area (Å²) in [5.41, 5.74) is 0.378. The molecule has 2 heterocycles. The summed E-state index contributed by atoms with van der Waals surface area (Å²) in [6, 6.07) is 0.164. The number of nitrogens with one attached hydrogen (secondary N) is 2. The number of aromatic nitrogens is 3. The van der Waals surface area contributed by atoms with E-state index in [0.717, 1.165) is 19.5 Å². The Hall–Kier alpha value is -1.43. The van der Waals surface area contributed by atoms with Gasteiger partial charge in [0.25, 0.3) is 5.91 Å². The van der Waals surface area contributed by atoms with Crippen molar-refractivity contribution in [3.8, 4) is 0 Å². The predicted molar refractivity (Wildman–Crippen MR) is 63.5 cm³/mol. The molecule has 2 atom stereocenters. The minimum Gasteiger partial charge on any atom is -0.348 e. The highest BCUT2D eigenvalue weighted by Crippen LogP contribution is 2.14. The Balaban J connectivity index is 1.89. The highest BCUT2D eigenvalue weighted by Gasteiger charge is 2.22. The van der Waals surface area contributed by atoms with Crippen molar-refractivity contribution in [2.45, 2.75) is 25.8 Å². The average molecular weight is 237 g/mol. The zero-order valence-electron chi connectivity index (χ0n) is 10.3. The van der Waals surface area contributed by atoms with Gasteiger partial charge in [-0.25, -0.2) is 0 Å². The van der Waals surface area contributed by atoms with E-state index < -0.39 is 0 Å². The van der Waals surface area contributed by atoms with Crippen molar-refractivity contribution in [2.75, 3.05) is 13.1 Å². The monoisotopic (exact) mass is 237 g/mol. The molecule has 0 radical (unpaired) electrons. The van der Waals surface area contributed by atoms with Gasteiger partial charge in [0.2, 0.25) is 0 Å². The zero-order valence-corrected chi connectivity index (χ0v) is 10.3. The van der Waals surface area contributed by atoms with Crippen molar-refractivity contribution in [2.24, 2.45) is 13.0 Å². The first-order valence-corrected chi connectivity index (χ1v) is 6.04. The van der Waals surface area contributed by atoms with Gasteiger partial charge in [0.1, 0.15) is 0 Å². The lowest BCUT2D eigenvalue weighted by Gasteiger charge is -2.28. The Kier molecular flexibility index (Phi) is 3.73. The van der Waals surface area contributed by atoms with Crippen LogP contribution in [-0.2, 0) is 7.05 Å². The molecule has 2 N–H and O–H groups in total. The Morgan fingerprint density at radius 2 is 2.53 bits per heavy atom. The van der Waals surface area contributed by atoms with Crippen LogP contribution in [0.15, 0.2) is 6.20 Å². The van der Waals surface area contributed by atoms with Gasteiger partial charge in [-0.2, -0.15) is 9.90 Å². The van der Waals surface area contributed by atoms with E-state index in [9.17, 15) is 4.79 Å². The molecular weight excluding hydrogens is 218 g/mol. The molecular formula is C11H19N5O. The first kappa shape index (κ1) is 12.0. The van der Waals surface area contributed by atoms with Crippen LogP contribution in [-0.4, -0.2) is 40.0 Å². The summed E-state index contributed by atoms with van der Waals surface area (Å²) < 4.78 is 0. The van der Waals surface area contributed by atoms with Gasteiger partial charge >= 0.3 is 0 Å². The SMILES string of the molecule is CC(NC(=O)c1cnn(C)n1)C1CCCNC1. The highest BCUT2D eigenvalue weighted by molar-refractivity contribution is 5.92. The van der Waals surface area contributed by atoms with Crippen molar-refractivity contribution < 1.29 is 4.79 Å². The molecule has 6 nitrogen and oxygen atoms in total. The minimum absolute atomic E-state index is 0.142. The van der Waals surface area contributed by atoms with E-state index >= 15 is 0 Å². The van der Waals surface area contributed by atoms with Crippen LogP contribution in [0.1, 0.15) is 30.3 Å². The van der Waals surface area contributed by atoms with E-state index in [-0.39, 0.29) is 11.9 Å². The molecule has 0 aliphatic carbocycles. The fraction of sp³-hybridized carbons (Fsp3) is 0.727. The lowest BCUT2D eigenvalue weighted by atomic mass is 9.93. The fourth-order valence-electron chi connectivity index (χ4n) is 2.15. The summed E-state index contributed by atoms with van der Waals surface area (Å²) in [5.74, 6) is 0.362. The maximum atomic E-state index is 11.9. The van der Waals surface area contributed by atoms with Crippen molar-refractivity contribution in [3.63, 3.8) is 0 Å². The smallest absolute Gasteiger partial charge is 0.273 e. The first-order valence-electron chi connectivity index (χ1n) is 6.04. The van der Waals surface area contributed by atoms with E-state index in [2.05, 4.69) is 20.8 Å². The third-order valence-electron chi connectivity index (χ3n) is 3.23. The second-order valence-electron chi connectivity index (χ2n) is 4.59. The average Bonchev–Trinajstić information content (AvgIpc) is 2.77. The molecule has 0 aromatic carbocycles. The number of hydrogen-bond acceptors (Lipinski definition) is 4. The summed E-state index contributed by atoms with van der Waals surface area (Å²) in [5, 5.41) is 14.2. The molecule has 6 heteroatoms. The molecule has 1 saturated heterocycles. The number of carbonyl (C=O) groups is 1. The van der Waals surface area contributed by atoms with Crippen molar-refractivity contribution in [1.29, 1.82) is 0 Å². The number of hydrogen-bond donors (Lipinski definition) is 2. The fourth-order valence-corrected chi connectivity index (χ4v) is 2.15. The Morgan fingerprint density at radius 1 is 1.71 bits per heavy atom. The summed E-state index contributed by atoms with van der Waals surface area (Å²) in [6.45, 7) is 4.11. The van der Waals surface area contributed by atoms with Crippen LogP contribution in [0.2, 0.25) is 0 Å². The largest absolute Gasteiger partial charge is 0.348 e. The van der Waals surface area contributed by atoms with Gasteiger partial charge in [-0.15, -0.1) is 5.10 Å². The van der Waals surface area contributed by atoms with Gasteiger partial charge < -0.3 is 10.6 Å². The molecule has 2 unspecified atom stereocenters. The lowest BCUT2D eigenvalue weighted by molar-refractivity contribution is 0.0916. The summed E-state index contributed by atoms with van der Waals surface area (Å²) in [4.78, 5) is 13.3. The number of nitrogens with zero attached hydrogens (tertiary/aromatic N) is 3. The standard InChI is InChI=1S/C11H19N5O/c1-8(9-4-3-5-12-6-9)14-11(17)10-7-13-16(2)15-10/h7-9,12H,3-6H2,1-2H3,(H,14,17). The maximum Gasteiger partial charge on any atom is 0.273 e. The second-order valence-corrected chi connectivity index (χ2v) is 4.59. The third-order valence-corrected chi connectivity index (χ3v) is 3.23. The van der Waals surface area contributed by atoms with E-state index in [0.29, 0.717) is 11.6 Å². The van der Waals surface area contributed by atoms with Crippen LogP contribution in [0.4, 0.5) is 0 Å². The number of amides is 1. The Labute approximate surface area is 101 Å². The topological polar surface area (TPSA) is 71.8 Å². The first-order chi connectivity index (χ1) is 8.16. The second kappa shape index (κ2) is 5.27. The summed E-state index contributed by atoms with van der Waals surface area (Å²) in [6.07, 6.45) is 3.83. The van der Waals surface area contributed by atoms with Gasteiger partial charge in [0.05, 0.1) is 6.20 Å². The molecule has 0 saturated carbocycles. The maximum absolute atomic E-state index is 11.9. The molecule has 0 spiro atoms. The molecule has 17 heavy (non-hydrogen) atoms. The van der Waals surface area contributed by atoms with Gasteiger partial charge in [0.15, 0.2) is 5.69 Å². The van der Waals surface area contributed by atoms with E-state index in [1.54, 1.807) is 7.05 Å². The third kappa shape index (κ3) is 3.03. The van der Waals surface area contributed by atoms with Gasteiger partial charge in [0, 0.05) is 13.1 Å². The molecule has 1 fully saturated rings. The molecule has 1 aromatic rings. The molecule has 94 valence electrons. The van der Waals surface area contributed by atoms with Crippen LogP contribution >= 0.6 is 0 Å².